The normalized spacial score (nSPS) is 16.3. The summed E-state index contributed by atoms with van der Waals surface area (Å²) < 4.78 is 4.98. The minimum atomic E-state index is -0.249. The molecule has 7 heteroatoms. The molecular formula is C19H24N4O3. The molecule has 0 bridgehead atoms. The highest BCUT2D eigenvalue weighted by Crippen LogP contribution is 2.15. The van der Waals surface area contributed by atoms with Crippen molar-refractivity contribution >= 4 is 17.6 Å². The molecule has 1 atom stereocenters. The van der Waals surface area contributed by atoms with Crippen molar-refractivity contribution in [3.63, 3.8) is 0 Å². The molecule has 1 aromatic heterocycles. The van der Waals surface area contributed by atoms with Crippen LogP contribution in [0.3, 0.4) is 0 Å². The number of amides is 2. The molecule has 7 nitrogen and oxygen atoms in total. The molecule has 2 amide bonds. The first-order valence-corrected chi connectivity index (χ1v) is 8.91. The molecule has 1 aliphatic heterocycles. The van der Waals surface area contributed by atoms with E-state index in [-0.39, 0.29) is 17.9 Å². The Balaban J connectivity index is 1.57. The largest absolute Gasteiger partial charge is 0.360 e. The lowest BCUT2D eigenvalue weighted by Crippen LogP contribution is -2.54. The number of piperazine rings is 1. The number of aromatic nitrogens is 1. The Morgan fingerprint density at radius 3 is 2.46 bits per heavy atom. The van der Waals surface area contributed by atoms with E-state index in [1.54, 1.807) is 13.0 Å². The molecule has 26 heavy (non-hydrogen) atoms. The highest BCUT2D eigenvalue weighted by atomic mass is 16.5. The van der Waals surface area contributed by atoms with Gasteiger partial charge in [-0.15, -0.1) is 0 Å². The molecular weight excluding hydrogens is 332 g/mol. The van der Waals surface area contributed by atoms with Crippen molar-refractivity contribution in [3.05, 3.63) is 47.7 Å². The average Bonchev–Trinajstić information content (AvgIpc) is 3.07. The van der Waals surface area contributed by atoms with Crippen LogP contribution in [-0.2, 0) is 4.79 Å². The van der Waals surface area contributed by atoms with Gasteiger partial charge in [0, 0.05) is 37.8 Å². The summed E-state index contributed by atoms with van der Waals surface area (Å²) >= 11 is 0. The van der Waals surface area contributed by atoms with E-state index in [9.17, 15) is 9.59 Å². The number of nitrogens with one attached hydrogen (secondary N) is 1. The zero-order valence-corrected chi connectivity index (χ0v) is 15.1. The maximum atomic E-state index is 12.6. The Morgan fingerprint density at radius 2 is 1.88 bits per heavy atom. The molecule has 138 valence electrons. The summed E-state index contributed by atoms with van der Waals surface area (Å²) in [4.78, 5) is 29.1. The van der Waals surface area contributed by atoms with Gasteiger partial charge in [0.15, 0.2) is 5.82 Å². The number of anilines is 1. The Labute approximate surface area is 152 Å². The number of benzene rings is 1. The van der Waals surface area contributed by atoms with Crippen molar-refractivity contribution in [3.8, 4) is 0 Å². The molecule has 0 saturated carbocycles. The SMILES string of the molecule is CC[C@@H](C(=O)Nc1cc(C)on1)N1CCN(C(=O)c2ccccc2)CC1. The lowest BCUT2D eigenvalue weighted by atomic mass is 10.1. The van der Waals surface area contributed by atoms with Gasteiger partial charge in [-0.2, -0.15) is 0 Å². The van der Waals surface area contributed by atoms with Crippen LogP contribution in [0.2, 0.25) is 0 Å². The number of nitrogens with zero attached hydrogens (tertiary/aromatic N) is 3. The predicted molar refractivity (Wildman–Crippen MR) is 97.9 cm³/mol. The number of carbonyl (C=O) groups excluding carboxylic acids is 2. The quantitative estimate of drug-likeness (QED) is 0.888. The molecule has 0 spiro atoms. The average molecular weight is 356 g/mol. The summed E-state index contributed by atoms with van der Waals surface area (Å²) in [6.07, 6.45) is 0.690. The third kappa shape index (κ3) is 4.11. The van der Waals surface area contributed by atoms with Crippen molar-refractivity contribution in [2.24, 2.45) is 0 Å². The first kappa shape index (κ1) is 18.1. The van der Waals surface area contributed by atoms with Gasteiger partial charge in [-0.1, -0.05) is 30.3 Å². The van der Waals surface area contributed by atoms with Crippen molar-refractivity contribution < 1.29 is 14.1 Å². The van der Waals surface area contributed by atoms with E-state index in [1.807, 2.05) is 42.2 Å². The Morgan fingerprint density at radius 1 is 1.19 bits per heavy atom. The maximum Gasteiger partial charge on any atom is 0.253 e. The topological polar surface area (TPSA) is 78.7 Å². The minimum Gasteiger partial charge on any atom is -0.360 e. The summed E-state index contributed by atoms with van der Waals surface area (Å²) in [5.74, 6) is 1.04. The van der Waals surface area contributed by atoms with Crippen LogP contribution in [0.4, 0.5) is 5.82 Å². The monoisotopic (exact) mass is 356 g/mol. The van der Waals surface area contributed by atoms with Crippen molar-refractivity contribution in [2.45, 2.75) is 26.3 Å². The predicted octanol–water partition coefficient (Wildman–Crippen LogP) is 2.16. The molecule has 0 radical (unpaired) electrons. The van der Waals surface area contributed by atoms with Crippen LogP contribution in [-0.4, -0.2) is 59.0 Å². The molecule has 2 heterocycles. The second-order valence-corrected chi connectivity index (χ2v) is 6.43. The smallest absolute Gasteiger partial charge is 0.253 e. The maximum absolute atomic E-state index is 12.6. The standard InChI is InChI=1S/C19H24N4O3/c1-3-16(18(24)20-17-13-14(2)26-21-17)22-9-11-23(12-10-22)19(25)15-7-5-4-6-8-15/h4-8,13,16H,3,9-12H2,1-2H3,(H,20,21,24)/t16-/m0/s1. The van der Waals surface area contributed by atoms with Crippen LogP contribution in [0, 0.1) is 6.92 Å². The molecule has 3 rings (SSSR count). The highest BCUT2D eigenvalue weighted by molar-refractivity contribution is 5.95. The second kappa shape index (κ2) is 8.14. The number of rotatable bonds is 5. The van der Waals surface area contributed by atoms with E-state index < -0.39 is 0 Å². The second-order valence-electron chi connectivity index (χ2n) is 6.43. The van der Waals surface area contributed by atoms with Crippen LogP contribution in [0.5, 0.6) is 0 Å². The van der Waals surface area contributed by atoms with E-state index >= 15 is 0 Å². The van der Waals surface area contributed by atoms with E-state index in [1.165, 1.54) is 0 Å². The van der Waals surface area contributed by atoms with Gasteiger partial charge >= 0.3 is 0 Å². The number of aryl methyl sites for hydroxylation is 1. The summed E-state index contributed by atoms with van der Waals surface area (Å²) in [7, 11) is 0. The summed E-state index contributed by atoms with van der Waals surface area (Å²) in [5.41, 5.74) is 0.701. The first-order chi connectivity index (χ1) is 12.6. The Kier molecular flexibility index (Phi) is 5.68. The van der Waals surface area contributed by atoms with Gasteiger partial charge in [0.05, 0.1) is 6.04 Å². The summed E-state index contributed by atoms with van der Waals surface area (Å²) in [5, 5.41) is 6.61. The van der Waals surface area contributed by atoms with Gasteiger partial charge in [-0.25, -0.2) is 0 Å². The summed E-state index contributed by atoms with van der Waals surface area (Å²) in [6, 6.07) is 10.7. The molecule has 1 aromatic carbocycles. The van der Waals surface area contributed by atoms with Crippen LogP contribution in [0.15, 0.2) is 40.9 Å². The van der Waals surface area contributed by atoms with Crippen molar-refractivity contribution in [1.82, 2.24) is 15.0 Å². The molecule has 1 saturated heterocycles. The van der Waals surface area contributed by atoms with Crippen LogP contribution in [0.25, 0.3) is 0 Å². The fourth-order valence-electron chi connectivity index (χ4n) is 3.24. The van der Waals surface area contributed by atoms with E-state index in [0.29, 0.717) is 49.7 Å². The third-order valence-electron chi connectivity index (χ3n) is 4.63. The zero-order valence-electron chi connectivity index (χ0n) is 15.1. The molecule has 0 aliphatic carbocycles. The van der Waals surface area contributed by atoms with Crippen molar-refractivity contribution in [2.75, 3.05) is 31.5 Å². The molecule has 2 aromatic rings. The van der Waals surface area contributed by atoms with Gasteiger partial charge in [-0.3, -0.25) is 14.5 Å². The zero-order chi connectivity index (χ0) is 18.5. The fraction of sp³-hybridized carbons (Fsp3) is 0.421. The number of hydrogen-bond donors (Lipinski definition) is 1. The van der Waals surface area contributed by atoms with Gasteiger partial charge in [0.1, 0.15) is 5.76 Å². The fourth-order valence-corrected chi connectivity index (χ4v) is 3.24. The lowest BCUT2D eigenvalue weighted by molar-refractivity contribution is -0.122. The summed E-state index contributed by atoms with van der Waals surface area (Å²) in [6.45, 7) is 6.33. The molecule has 1 fully saturated rings. The van der Waals surface area contributed by atoms with Crippen molar-refractivity contribution in [1.29, 1.82) is 0 Å². The minimum absolute atomic E-state index is 0.0424. The van der Waals surface area contributed by atoms with Gasteiger partial charge < -0.3 is 14.7 Å². The van der Waals surface area contributed by atoms with Gasteiger partial charge in [-0.05, 0) is 25.5 Å². The number of hydrogen-bond acceptors (Lipinski definition) is 5. The van der Waals surface area contributed by atoms with Crippen LogP contribution >= 0.6 is 0 Å². The molecule has 1 aliphatic rings. The van der Waals surface area contributed by atoms with Gasteiger partial charge in [0.25, 0.3) is 5.91 Å². The molecule has 1 N–H and O–H groups in total. The Hall–Kier alpha value is -2.67. The van der Waals surface area contributed by atoms with E-state index in [2.05, 4.69) is 15.4 Å². The van der Waals surface area contributed by atoms with Crippen LogP contribution in [0.1, 0.15) is 29.5 Å². The van der Waals surface area contributed by atoms with E-state index in [4.69, 9.17) is 4.52 Å². The Bertz CT molecular complexity index is 751. The lowest BCUT2D eigenvalue weighted by Gasteiger charge is -2.38. The highest BCUT2D eigenvalue weighted by Gasteiger charge is 2.30. The molecule has 0 unspecified atom stereocenters. The third-order valence-corrected chi connectivity index (χ3v) is 4.63. The first-order valence-electron chi connectivity index (χ1n) is 8.91. The van der Waals surface area contributed by atoms with E-state index in [0.717, 1.165) is 0 Å². The van der Waals surface area contributed by atoms with Crippen LogP contribution < -0.4 is 5.32 Å². The van der Waals surface area contributed by atoms with Gasteiger partial charge in [0.2, 0.25) is 5.91 Å². The number of carbonyl (C=O) groups is 2.